The van der Waals surface area contributed by atoms with Crippen molar-refractivity contribution >= 4 is 17.9 Å². The Labute approximate surface area is 137 Å². The number of thioether (sulfide) groups is 1. The molecule has 3 aliphatic rings. The molecule has 6 unspecified atom stereocenters. The van der Waals surface area contributed by atoms with Crippen molar-refractivity contribution in [2.75, 3.05) is 12.4 Å². The third-order valence-electron chi connectivity index (χ3n) is 4.85. The van der Waals surface area contributed by atoms with Crippen LogP contribution in [-0.4, -0.2) is 53.5 Å². The lowest BCUT2D eigenvalue weighted by molar-refractivity contribution is -0.0374. The van der Waals surface area contributed by atoms with Gasteiger partial charge in [0, 0.05) is 23.8 Å². The van der Waals surface area contributed by atoms with E-state index >= 15 is 0 Å². The Morgan fingerprint density at radius 2 is 2.05 bits per heavy atom. The molecule has 0 bridgehead atoms. The fourth-order valence-electron chi connectivity index (χ4n) is 3.74. The second kappa shape index (κ2) is 6.21. The van der Waals surface area contributed by atoms with Gasteiger partial charge in [0.1, 0.15) is 5.60 Å². The van der Waals surface area contributed by atoms with Crippen LogP contribution in [0.5, 0.6) is 0 Å². The first-order chi connectivity index (χ1) is 10.3. The van der Waals surface area contributed by atoms with Gasteiger partial charge in [-0.2, -0.15) is 11.8 Å². The molecule has 126 valence electrons. The number of fused-ring (bicyclic) bond motifs is 1. The minimum atomic E-state index is -0.459. The number of hydrogen-bond donors (Lipinski definition) is 2. The number of rotatable bonds is 3. The molecule has 1 amide bonds. The second-order valence-corrected chi connectivity index (χ2v) is 9.11. The monoisotopic (exact) mass is 328 g/mol. The van der Waals surface area contributed by atoms with Crippen molar-refractivity contribution in [3.05, 3.63) is 0 Å². The second-order valence-electron chi connectivity index (χ2n) is 7.62. The number of carbonyl (C=O) groups excluding carboxylic acids is 1. The number of carbonyl (C=O) groups is 1. The zero-order valence-electron chi connectivity index (χ0n) is 13.9. The number of hydrogen-bond acceptors (Lipinski definition) is 5. The Morgan fingerprint density at radius 3 is 2.68 bits per heavy atom. The molecule has 0 aromatic rings. The van der Waals surface area contributed by atoms with E-state index in [-0.39, 0.29) is 24.3 Å². The maximum Gasteiger partial charge on any atom is 0.407 e. The average Bonchev–Trinajstić information content (AvgIpc) is 2.98. The van der Waals surface area contributed by atoms with Gasteiger partial charge in [0.15, 0.2) is 0 Å². The number of nitrogens with one attached hydrogen (secondary N) is 2. The van der Waals surface area contributed by atoms with Crippen LogP contribution in [0.3, 0.4) is 0 Å². The highest BCUT2D eigenvalue weighted by Crippen LogP contribution is 2.40. The summed E-state index contributed by atoms with van der Waals surface area (Å²) < 4.78 is 11.3. The summed E-state index contributed by atoms with van der Waals surface area (Å²) in [5.41, 5.74) is -0.459. The predicted octanol–water partition coefficient (Wildman–Crippen LogP) is 2.15. The van der Waals surface area contributed by atoms with Gasteiger partial charge in [0.25, 0.3) is 0 Å². The topological polar surface area (TPSA) is 59.6 Å². The first-order valence-electron chi connectivity index (χ1n) is 8.34. The smallest absolute Gasteiger partial charge is 0.407 e. The molecule has 0 radical (unpaired) electrons. The van der Waals surface area contributed by atoms with Crippen molar-refractivity contribution in [2.24, 2.45) is 5.92 Å². The van der Waals surface area contributed by atoms with Gasteiger partial charge in [-0.1, -0.05) is 6.92 Å². The van der Waals surface area contributed by atoms with Gasteiger partial charge >= 0.3 is 6.09 Å². The lowest BCUT2D eigenvalue weighted by Crippen LogP contribution is -2.72. The van der Waals surface area contributed by atoms with Crippen molar-refractivity contribution in [1.29, 1.82) is 0 Å². The fraction of sp³-hybridized carbons (Fsp3) is 0.938. The summed E-state index contributed by atoms with van der Waals surface area (Å²) in [6.07, 6.45) is 2.15. The van der Waals surface area contributed by atoms with Crippen molar-refractivity contribution in [1.82, 2.24) is 10.6 Å². The highest BCUT2D eigenvalue weighted by Gasteiger charge is 2.55. The third-order valence-corrected chi connectivity index (χ3v) is 6.18. The van der Waals surface area contributed by atoms with Crippen LogP contribution < -0.4 is 10.6 Å². The Balaban J connectivity index is 1.59. The molecule has 22 heavy (non-hydrogen) atoms. The van der Waals surface area contributed by atoms with Gasteiger partial charge in [0.05, 0.1) is 18.2 Å². The zero-order valence-corrected chi connectivity index (χ0v) is 14.7. The largest absolute Gasteiger partial charge is 0.444 e. The van der Waals surface area contributed by atoms with Gasteiger partial charge in [0.2, 0.25) is 0 Å². The molecular formula is C16H28N2O3S. The molecule has 0 spiro atoms. The Bertz CT molecular complexity index is 426. The summed E-state index contributed by atoms with van der Waals surface area (Å²) in [6.45, 7) is 8.75. The van der Waals surface area contributed by atoms with E-state index in [0.29, 0.717) is 17.2 Å². The molecule has 0 aromatic heterocycles. The summed E-state index contributed by atoms with van der Waals surface area (Å²) in [7, 11) is 0. The summed E-state index contributed by atoms with van der Waals surface area (Å²) in [5, 5.41) is 7.44. The van der Waals surface area contributed by atoms with E-state index in [4.69, 9.17) is 9.47 Å². The van der Waals surface area contributed by atoms with Crippen molar-refractivity contribution < 1.29 is 14.3 Å². The van der Waals surface area contributed by atoms with Crippen LogP contribution in [0.25, 0.3) is 0 Å². The number of amides is 1. The lowest BCUT2D eigenvalue weighted by Gasteiger charge is -2.49. The Hall–Kier alpha value is -0.460. The minimum Gasteiger partial charge on any atom is -0.444 e. The van der Waals surface area contributed by atoms with Gasteiger partial charge in [-0.05, 0) is 39.4 Å². The molecular weight excluding hydrogens is 300 g/mol. The van der Waals surface area contributed by atoms with Crippen LogP contribution in [0.4, 0.5) is 4.79 Å². The van der Waals surface area contributed by atoms with E-state index in [1.54, 1.807) is 0 Å². The molecule has 2 heterocycles. The molecule has 2 N–H and O–H groups in total. The maximum atomic E-state index is 12.1. The Morgan fingerprint density at radius 1 is 1.27 bits per heavy atom. The summed E-state index contributed by atoms with van der Waals surface area (Å²) in [4.78, 5) is 12.1. The summed E-state index contributed by atoms with van der Waals surface area (Å²) in [6, 6.07) is 0.856. The van der Waals surface area contributed by atoms with Crippen LogP contribution in [-0.2, 0) is 9.47 Å². The van der Waals surface area contributed by atoms with E-state index < -0.39 is 5.60 Å². The van der Waals surface area contributed by atoms with Gasteiger partial charge in [-0.25, -0.2) is 4.79 Å². The van der Waals surface area contributed by atoms with Gasteiger partial charge in [-0.3, -0.25) is 0 Å². The fourth-order valence-corrected chi connectivity index (χ4v) is 4.95. The highest BCUT2D eigenvalue weighted by atomic mass is 32.2. The first-order valence-corrected chi connectivity index (χ1v) is 9.39. The van der Waals surface area contributed by atoms with Gasteiger partial charge < -0.3 is 20.1 Å². The molecule has 0 aromatic carbocycles. The summed E-state index contributed by atoms with van der Waals surface area (Å²) in [5.74, 6) is 1.64. The first kappa shape index (κ1) is 16.4. The van der Waals surface area contributed by atoms with Crippen molar-refractivity contribution in [2.45, 2.75) is 75.6 Å². The SMILES string of the molecule is CC1SCCC1NC1C(NC(=O)OC(C)(C)C)C2CCOC21. The molecule has 6 heteroatoms. The minimum absolute atomic E-state index is 0.125. The molecule has 2 saturated heterocycles. The van der Waals surface area contributed by atoms with E-state index in [1.165, 1.54) is 12.2 Å². The van der Waals surface area contributed by atoms with E-state index in [9.17, 15) is 4.79 Å². The number of ether oxygens (including phenoxy) is 2. The van der Waals surface area contributed by atoms with Crippen LogP contribution in [0.15, 0.2) is 0 Å². The third kappa shape index (κ3) is 3.39. The highest BCUT2D eigenvalue weighted by molar-refractivity contribution is 8.00. The number of alkyl carbamates (subject to hydrolysis) is 1. The Kier molecular flexibility index (Phi) is 4.63. The molecule has 3 rings (SSSR count). The molecule has 5 nitrogen and oxygen atoms in total. The molecule has 2 aliphatic heterocycles. The predicted molar refractivity (Wildman–Crippen MR) is 88.3 cm³/mol. The van der Waals surface area contributed by atoms with Crippen LogP contribution >= 0.6 is 11.8 Å². The van der Waals surface area contributed by atoms with Gasteiger partial charge in [-0.15, -0.1) is 0 Å². The normalized spacial score (nSPS) is 40.9. The quantitative estimate of drug-likeness (QED) is 0.831. The van der Waals surface area contributed by atoms with Crippen LogP contribution in [0.1, 0.15) is 40.5 Å². The van der Waals surface area contributed by atoms with E-state index in [1.807, 2.05) is 32.5 Å². The molecule has 1 saturated carbocycles. The molecule has 1 aliphatic carbocycles. The average molecular weight is 328 g/mol. The molecule has 3 fully saturated rings. The standard InChI is InChI=1S/C16H28N2O3S/c1-9-11(6-8-22-9)17-13-12(10-5-7-20-14(10)13)18-15(19)21-16(2,3)4/h9-14,17H,5-8H2,1-4H3,(H,18,19). The van der Waals surface area contributed by atoms with E-state index in [2.05, 4.69) is 17.6 Å². The molecule has 6 atom stereocenters. The van der Waals surface area contributed by atoms with Crippen LogP contribution in [0, 0.1) is 5.92 Å². The van der Waals surface area contributed by atoms with E-state index in [0.717, 1.165) is 13.0 Å². The van der Waals surface area contributed by atoms with Crippen molar-refractivity contribution in [3.63, 3.8) is 0 Å². The summed E-state index contributed by atoms with van der Waals surface area (Å²) >= 11 is 2.01. The van der Waals surface area contributed by atoms with Crippen molar-refractivity contribution in [3.8, 4) is 0 Å². The maximum absolute atomic E-state index is 12.1. The lowest BCUT2D eigenvalue weighted by atomic mass is 9.71. The zero-order chi connectivity index (χ0) is 15.9. The van der Waals surface area contributed by atoms with Crippen LogP contribution in [0.2, 0.25) is 0 Å².